The molecular formula is C14H19N3O2. The minimum absolute atomic E-state index is 0.131. The van der Waals surface area contributed by atoms with Gasteiger partial charge in [0, 0.05) is 5.56 Å². The van der Waals surface area contributed by atoms with E-state index in [1.807, 2.05) is 26.0 Å². The minimum Gasteiger partial charge on any atom is -0.496 e. The van der Waals surface area contributed by atoms with Crippen LogP contribution in [0.25, 0.3) is 11.3 Å². The molecule has 102 valence electrons. The zero-order chi connectivity index (χ0) is 14.0. The third-order valence-electron chi connectivity index (χ3n) is 3.39. The van der Waals surface area contributed by atoms with Gasteiger partial charge in [0.2, 0.25) is 0 Å². The van der Waals surface area contributed by atoms with Gasteiger partial charge >= 0.3 is 0 Å². The van der Waals surface area contributed by atoms with Gasteiger partial charge in [0.05, 0.1) is 31.6 Å². The van der Waals surface area contributed by atoms with E-state index < -0.39 is 6.04 Å². The van der Waals surface area contributed by atoms with Crippen molar-refractivity contribution in [2.45, 2.75) is 19.9 Å². The van der Waals surface area contributed by atoms with Gasteiger partial charge in [0.25, 0.3) is 0 Å². The molecule has 1 aromatic heterocycles. The van der Waals surface area contributed by atoms with Crippen LogP contribution in [0.3, 0.4) is 0 Å². The fourth-order valence-electron chi connectivity index (χ4n) is 2.06. The third-order valence-corrected chi connectivity index (χ3v) is 3.39. The van der Waals surface area contributed by atoms with Crippen LogP contribution in [0.1, 0.15) is 23.0 Å². The first-order chi connectivity index (χ1) is 9.08. The van der Waals surface area contributed by atoms with Crippen LogP contribution in [0.4, 0.5) is 0 Å². The van der Waals surface area contributed by atoms with Gasteiger partial charge in [0.1, 0.15) is 11.6 Å². The standard InChI is InChI=1S/C14H19N3O2/c1-8-9(2)13(19-3)5-4-10(8)12-6-16-14(17-12)11(15)7-18/h4-6,11,18H,7,15H2,1-3H3,(H,16,17). The smallest absolute Gasteiger partial charge is 0.125 e. The van der Waals surface area contributed by atoms with Gasteiger partial charge in [-0.15, -0.1) is 0 Å². The Labute approximate surface area is 112 Å². The summed E-state index contributed by atoms with van der Waals surface area (Å²) in [6.45, 7) is 3.93. The number of imidazole rings is 1. The van der Waals surface area contributed by atoms with Crippen molar-refractivity contribution >= 4 is 0 Å². The van der Waals surface area contributed by atoms with Crippen molar-refractivity contribution < 1.29 is 9.84 Å². The summed E-state index contributed by atoms with van der Waals surface area (Å²) in [7, 11) is 1.66. The third kappa shape index (κ3) is 2.47. The second-order valence-corrected chi connectivity index (χ2v) is 4.54. The molecule has 1 heterocycles. The molecule has 0 spiro atoms. The van der Waals surface area contributed by atoms with E-state index >= 15 is 0 Å². The van der Waals surface area contributed by atoms with Gasteiger partial charge in [-0.05, 0) is 37.1 Å². The largest absolute Gasteiger partial charge is 0.496 e. The molecule has 5 heteroatoms. The second-order valence-electron chi connectivity index (χ2n) is 4.54. The average Bonchev–Trinajstić information content (AvgIpc) is 2.90. The lowest BCUT2D eigenvalue weighted by Gasteiger charge is -2.11. The molecule has 0 aliphatic rings. The Morgan fingerprint density at radius 2 is 2.11 bits per heavy atom. The number of H-pyrrole nitrogens is 1. The first kappa shape index (κ1) is 13.6. The van der Waals surface area contributed by atoms with Crippen LogP contribution in [0.5, 0.6) is 5.75 Å². The fraction of sp³-hybridized carbons (Fsp3) is 0.357. The lowest BCUT2D eigenvalue weighted by molar-refractivity contribution is 0.264. The predicted molar refractivity (Wildman–Crippen MR) is 74.1 cm³/mol. The van der Waals surface area contributed by atoms with Crippen molar-refractivity contribution in [3.05, 3.63) is 35.3 Å². The van der Waals surface area contributed by atoms with Crippen LogP contribution in [0, 0.1) is 13.8 Å². The molecule has 2 rings (SSSR count). The minimum atomic E-state index is -0.478. The maximum absolute atomic E-state index is 9.03. The molecule has 0 saturated carbocycles. The molecule has 1 aromatic carbocycles. The first-order valence-corrected chi connectivity index (χ1v) is 6.14. The van der Waals surface area contributed by atoms with E-state index in [1.165, 1.54) is 0 Å². The normalized spacial score (nSPS) is 12.5. The second kappa shape index (κ2) is 5.42. The van der Waals surface area contributed by atoms with Crippen molar-refractivity contribution in [2.24, 2.45) is 5.73 Å². The van der Waals surface area contributed by atoms with Crippen molar-refractivity contribution in [1.29, 1.82) is 0 Å². The Kier molecular flexibility index (Phi) is 3.87. The zero-order valence-corrected chi connectivity index (χ0v) is 11.4. The number of methoxy groups -OCH3 is 1. The molecule has 1 atom stereocenters. The summed E-state index contributed by atoms with van der Waals surface area (Å²) in [5.74, 6) is 1.46. The molecule has 0 aliphatic carbocycles. The quantitative estimate of drug-likeness (QED) is 0.782. The van der Waals surface area contributed by atoms with Crippen LogP contribution in [-0.2, 0) is 0 Å². The Bertz CT molecular complexity index is 578. The number of rotatable bonds is 4. The average molecular weight is 261 g/mol. The maximum atomic E-state index is 9.03. The molecule has 0 bridgehead atoms. The zero-order valence-electron chi connectivity index (χ0n) is 11.4. The number of aliphatic hydroxyl groups excluding tert-OH is 1. The summed E-state index contributed by atoms with van der Waals surface area (Å²) in [6.07, 6.45) is 1.74. The van der Waals surface area contributed by atoms with Gasteiger partial charge in [0.15, 0.2) is 0 Å². The van der Waals surface area contributed by atoms with E-state index in [4.69, 9.17) is 15.6 Å². The topological polar surface area (TPSA) is 84.2 Å². The summed E-state index contributed by atoms with van der Waals surface area (Å²) >= 11 is 0. The van der Waals surface area contributed by atoms with Gasteiger partial charge in [-0.3, -0.25) is 0 Å². The Balaban J connectivity index is 2.42. The molecule has 0 amide bonds. The number of nitrogens with two attached hydrogens (primary N) is 1. The van der Waals surface area contributed by atoms with E-state index in [9.17, 15) is 0 Å². The van der Waals surface area contributed by atoms with Crippen LogP contribution >= 0.6 is 0 Å². The van der Waals surface area contributed by atoms with Crippen molar-refractivity contribution in [3.8, 4) is 17.0 Å². The van der Waals surface area contributed by atoms with Crippen LogP contribution < -0.4 is 10.5 Å². The van der Waals surface area contributed by atoms with Gasteiger partial charge in [-0.2, -0.15) is 0 Å². The molecule has 2 aromatic rings. The Hall–Kier alpha value is -1.85. The number of hydrogen-bond acceptors (Lipinski definition) is 4. The Morgan fingerprint density at radius 3 is 2.74 bits per heavy atom. The molecule has 0 saturated heterocycles. The number of aromatic amines is 1. The highest BCUT2D eigenvalue weighted by molar-refractivity contribution is 5.66. The van der Waals surface area contributed by atoms with Gasteiger partial charge < -0.3 is 20.6 Å². The molecule has 5 nitrogen and oxygen atoms in total. The highest BCUT2D eigenvalue weighted by Crippen LogP contribution is 2.30. The van der Waals surface area contributed by atoms with E-state index in [2.05, 4.69) is 9.97 Å². The molecule has 4 N–H and O–H groups in total. The number of nitrogens with one attached hydrogen (secondary N) is 1. The number of aliphatic hydroxyl groups is 1. The van der Waals surface area contributed by atoms with Gasteiger partial charge in [-0.1, -0.05) is 0 Å². The number of aromatic nitrogens is 2. The van der Waals surface area contributed by atoms with E-state index in [1.54, 1.807) is 13.3 Å². The van der Waals surface area contributed by atoms with E-state index in [-0.39, 0.29) is 6.61 Å². The SMILES string of the molecule is COc1ccc(-c2cnc(C(N)CO)[nH]2)c(C)c1C. The molecule has 0 fully saturated rings. The molecule has 0 aliphatic heterocycles. The predicted octanol–water partition coefficient (Wildman–Crippen LogP) is 1.69. The summed E-state index contributed by atoms with van der Waals surface area (Å²) < 4.78 is 5.30. The monoisotopic (exact) mass is 261 g/mol. The lowest BCUT2D eigenvalue weighted by Crippen LogP contribution is -2.15. The highest BCUT2D eigenvalue weighted by atomic mass is 16.5. The first-order valence-electron chi connectivity index (χ1n) is 6.14. The van der Waals surface area contributed by atoms with Crippen molar-refractivity contribution in [2.75, 3.05) is 13.7 Å². The van der Waals surface area contributed by atoms with E-state index in [0.717, 1.165) is 28.1 Å². The van der Waals surface area contributed by atoms with E-state index in [0.29, 0.717) is 5.82 Å². The van der Waals surface area contributed by atoms with Crippen molar-refractivity contribution in [3.63, 3.8) is 0 Å². The number of nitrogens with zero attached hydrogens (tertiary/aromatic N) is 1. The van der Waals surface area contributed by atoms with Crippen LogP contribution in [0.2, 0.25) is 0 Å². The fourth-order valence-corrected chi connectivity index (χ4v) is 2.06. The molecular weight excluding hydrogens is 242 g/mol. The summed E-state index contributed by atoms with van der Waals surface area (Å²) in [5, 5.41) is 9.03. The molecule has 19 heavy (non-hydrogen) atoms. The highest BCUT2D eigenvalue weighted by Gasteiger charge is 2.13. The molecule has 0 radical (unpaired) electrons. The lowest BCUT2D eigenvalue weighted by atomic mass is 10.0. The summed E-state index contributed by atoms with van der Waals surface area (Å²) in [6, 6.07) is 3.45. The van der Waals surface area contributed by atoms with Gasteiger partial charge in [-0.25, -0.2) is 4.98 Å². The van der Waals surface area contributed by atoms with Crippen LogP contribution in [0.15, 0.2) is 18.3 Å². The van der Waals surface area contributed by atoms with Crippen molar-refractivity contribution in [1.82, 2.24) is 9.97 Å². The maximum Gasteiger partial charge on any atom is 0.125 e. The number of benzene rings is 1. The van der Waals surface area contributed by atoms with Crippen LogP contribution in [-0.4, -0.2) is 28.8 Å². The summed E-state index contributed by atoms with van der Waals surface area (Å²) in [5.41, 5.74) is 9.92. The molecule has 1 unspecified atom stereocenters. The number of ether oxygens (including phenoxy) is 1. The number of hydrogen-bond donors (Lipinski definition) is 3. The summed E-state index contributed by atoms with van der Waals surface area (Å²) in [4.78, 5) is 7.35. The Morgan fingerprint density at radius 1 is 1.37 bits per heavy atom.